The molecule has 0 aliphatic rings. The highest BCUT2D eigenvalue weighted by molar-refractivity contribution is 9.10. The topological polar surface area (TPSA) is 37.3 Å². The van der Waals surface area contributed by atoms with Crippen molar-refractivity contribution >= 4 is 21.9 Å². The zero-order valence-corrected chi connectivity index (χ0v) is 8.29. The quantitative estimate of drug-likeness (QED) is 0.831. The Hall–Kier alpha value is -0.900. The first kappa shape index (κ1) is 10.2. The molecule has 0 saturated carbocycles. The van der Waals surface area contributed by atoms with Gasteiger partial charge in [-0.15, -0.1) is 0 Å². The van der Waals surface area contributed by atoms with Gasteiger partial charge in [-0.25, -0.2) is 4.39 Å². The fourth-order valence-corrected chi connectivity index (χ4v) is 1.29. The average molecular weight is 247 g/mol. The predicted molar refractivity (Wildman–Crippen MR) is 50.5 cm³/mol. The molecule has 1 atom stereocenters. The van der Waals surface area contributed by atoms with Gasteiger partial charge in [0.05, 0.1) is 0 Å². The molecule has 13 heavy (non-hydrogen) atoms. The minimum atomic E-state index is -0.983. The highest BCUT2D eigenvalue weighted by atomic mass is 79.9. The van der Waals surface area contributed by atoms with Gasteiger partial charge in [-0.3, -0.25) is 4.79 Å². The Balaban J connectivity index is 2.74. The molecule has 0 saturated heterocycles. The monoisotopic (exact) mass is 246 g/mol. The molecule has 0 heterocycles. The van der Waals surface area contributed by atoms with Gasteiger partial charge in [-0.2, -0.15) is 0 Å². The van der Waals surface area contributed by atoms with E-state index < -0.39 is 10.8 Å². The van der Waals surface area contributed by atoms with Crippen molar-refractivity contribution in [2.75, 3.05) is 0 Å². The molecule has 0 amide bonds. The molecular formula is C9H8BrFO2. The summed E-state index contributed by atoms with van der Waals surface area (Å²) >= 11 is 2.95. The molecule has 0 aliphatic carbocycles. The van der Waals surface area contributed by atoms with E-state index in [1.54, 1.807) is 18.2 Å². The second-order valence-corrected chi connectivity index (χ2v) is 3.71. The number of benzene rings is 1. The van der Waals surface area contributed by atoms with Gasteiger partial charge in [-0.05, 0) is 18.1 Å². The van der Waals surface area contributed by atoms with E-state index in [4.69, 9.17) is 5.11 Å². The van der Waals surface area contributed by atoms with Crippen LogP contribution in [-0.4, -0.2) is 15.9 Å². The zero-order chi connectivity index (χ0) is 9.84. The van der Waals surface area contributed by atoms with Gasteiger partial charge in [-0.1, -0.05) is 34.1 Å². The van der Waals surface area contributed by atoms with Gasteiger partial charge in [0.1, 0.15) is 10.6 Å². The summed E-state index contributed by atoms with van der Waals surface area (Å²) in [5, 5.41) is 8.56. The third kappa shape index (κ3) is 2.81. The molecule has 0 aromatic heterocycles. The summed E-state index contributed by atoms with van der Waals surface area (Å²) in [6.45, 7) is 0. The molecule has 0 bridgehead atoms. The van der Waals surface area contributed by atoms with Crippen LogP contribution in [0.1, 0.15) is 5.56 Å². The van der Waals surface area contributed by atoms with Crippen molar-refractivity contribution in [3.05, 3.63) is 35.6 Å². The highest BCUT2D eigenvalue weighted by Gasteiger charge is 2.15. The van der Waals surface area contributed by atoms with Gasteiger partial charge in [0.15, 0.2) is 0 Å². The van der Waals surface area contributed by atoms with Gasteiger partial charge in [0.2, 0.25) is 0 Å². The highest BCUT2D eigenvalue weighted by Crippen LogP contribution is 2.13. The van der Waals surface area contributed by atoms with Crippen molar-refractivity contribution in [2.24, 2.45) is 0 Å². The predicted octanol–water partition coefficient (Wildman–Crippen LogP) is 2.22. The van der Waals surface area contributed by atoms with E-state index in [9.17, 15) is 9.18 Å². The minimum Gasteiger partial charge on any atom is -0.480 e. The van der Waals surface area contributed by atoms with E-state index in [1.165, 1.54) is 6.07 Å². The second-order valence-electron chi connectivity index (χ2n) is 2.60. The Morgan fingerprint density at radius 2 is 2.15 bits per heavy atom. The van der Waals surface area contributed by atoms with Crippen LogP contribution >= 0.6 is 15.9 Å². The van der Waals surface area contributed by atoms with E-state index in [0.717, 1.165) is 0 Å². The normalized spacial score (nSPS) is 12.5. The van der Waals surface area contributed by atoms with Crippen LogP contribution < -0.4 is 0 Å². The molecule has 0 spiro atoms. The Bertz CT molecular complexity index is 314. The smallest absolute Gasteiger partial charge is 0.317 e. The SMILES string of the molecule is O=C(O)C(Br)Cc1ccccc1F. The molecule has 1 aromatic rings. The molecule has 2 nitrogen and oxygen atoms in total. The first-order chi connectivity index (χ1) is 6.11. The van der Waals surface area contributed by atoms with Crippen molar-refractivity contribution in [3.63, 3.8) is 0 Å². The van der Waals surface area contributed by atoms with Crippen molar-refractivity contribution < 1.29 is 14.3 Å². The maximum atomic E-state index is 13.0. The summed E-state index contributed by atoms with van der Waals surface area (Å²) in [5.41, 5.74) is 0.409. The van der Waals surface area contributed by atoms with Gasteiger partial charge >= 0.3 is 5.97 Å². The average Bonchev–Trinajstić information content (AvgIpc) is 2.08. The van der Waals surface area contributed by atoms with E-state index in [-0.39, 0.29) is 12.2 Å². The lowest BCUT2D eigenvalue weighted by molar-refractivity contribution is -0.136. The Morgan fingerprint density at radius 3 is 2.69 bits per heavy atom. The molecule has 0 fully saturated rings. The van der Waals surface area contributed by atoms with Crippen LogP contribution in [0.2, 0.25) is 0 Å². The van der Waals surface area contributed by atoms with E-state index >= 15 is 0 Å². The lowest BCUT2D eigenvalue weighted by Gasteiger charge is -2.04. The van der Waals surface area contributed by atoms with Gasteiger partial charge in [0.25, 0.3) is 0 Å². The number of aliphatic carboxylic acids is 1. The summed E-state index contributed by atoms with van der Waals surface area (Å²) in [7, 11) is 0. The van der Waals surface area contributed by atoms with Gasteiger partial charge < -0.3 is 5.11 Å². The van der Waals surface area contributed by atoms with Crippen LogP contribution in [-0.2, 0) is 11.2 Å². The number of halogens is 2. The van der Waals surface area contributed by atoms with Crippen molar-refractivity contribution in [1.82, 2.24) is 0 Å². The van der Waals surface area contributed by atoms with Crippen LogP contribution in [0.5, 0.6) is 0 Å². The minimum absolute atomic E-state index is 0.155. The van der Waals surface area contributed by atoms with Crippen LogP contribution in [0.15, 0.2) is 24.3 Å². The number of carboxylic acid groups (broad SMARTS) is 1. The Labute approximate surface area is 83.5 Å². The van der Waals surface area contributed by atoms with E-state index in [1.807, 2.05) is 0 Å². The fraction of sp³-hybridized carbons (Fsp3) is 0.222. The third-order valence-corrected chi connectivity index (χ3v) is 2.34. The van der Waals surface area contributed by atoms with Crippen molar-refractivity contribution in [2.45, 2.75) is 11.2 Å². The summed E-state index contributed by atoms with van der Waals surface area (Å²) in [5.74, 6) is -1.35. The molecule has 0 radical (unpaired) electrons. The lowest BCUT2D eigenvalue weighted by atomic mass is 10.1. The van der Waals surface area contributed by atoms with E-state index in [2.05, 4.69) is 15.9 Å². The zero-order valence-electron chi connectivity index (χ0n) is 6.71. The summed E-state index contributed by atoms with van der Waals surface area (Å²) in [6.07, 6.45) is 0.155. The maximum absolute atomic E-state index is 13.0. The molecule has 70 valence electrons. The number of rotatable bonds is 3. The first-order valence-corrected chi connectivity index (χ1v) is 4.63. The molecule has 1 unspecified atom stereocenters. The third-order valence-electron chi connectivity index (χ3n) is 1.62. The number of hydrogen-bond acceptors (Lipinski definition) is 1. The van der Waals surface area contributed by atoms with Gasteiger partial charge in [0, 0.05) is 0 Å². The Morgan fingerprint density at radius 1 is 1.54 bits per heavy atom. The van der Waals surface area contributed by atoms with Crippen LogP contribution in [0.4, 0.5) is 4.39 Å². The molecule has 1 aromatic carbocycles. The molecule has 0 aliphatic heterocycles. The summed E-state index contributed by atoms with van der Waals surface area (Å²) < 4.78 is 13.0. The molecular weight excluding hydrogens is 239 g/mol. The van der Waals surface area contributed by atoms with Crippen LogP contribution in [0.3, 0.4) is 0 Å². The maximum Gasteiger partial charge on any atom is 0.317 e. The number of alkyl halides is 1. The van der Waals surface area contributed by atoms with Crippen molar-refractivity contribution in [3.8, 4) is 0 Å². The fourth-order valence-electron chi connectivity index (χ4n) is 0.944. The first-order valence-electron chi connectivity index (χ1n) is 3.71. The lowest BCUT2D eigenvalue weighted by Crippen LogP contribution is -2.16. The Kier molecular flexibility index (Phi) is 3.42. The van der Waals surface area contributed by atoms with Crippen LogP contribution in [0.25, 0.3) is 0 Å². The van der Waals surface area contributed by atoms with Crippen molar-refractivity contribution in [1.29, 1.82) is 0 Å². The van der Waals surface area contributed by atoms with Crippen LogP contribution in [0, 0.1) is 5.82 Å². The number of carboxylic acids is 1. The van der Waals surface area contributed by atoms with E-state index in [0.29, 0.717) is 5.56 Å². The molecule has 1 rings (SSSR count). The summed E-state index contributed by atoms with van der Waals surface area (Å²) in [6, 6.07) is 6.15. The molecule has 1 N–H and O–H groups in total. The second kappa shape index (κ2) is 4.37. The number of carbonyl (C=O) groups is 1. The molecule has 4 heteroatoms. The summed E-state index contributed by atoms with van der Waals surface area (Å²) in [4.78, 5) is 9.71. The largest absolute Gasteiger partial charge is 0.480 e. The standard InChI is InChI=1S/C9H8BrFO2/c10-7(9(12)13)5-6-3-1-2-4-8(6)11/h1-4,7H,5H2,(H,12,13). The number of hydrogen-bond donors (Lipinski definition) is 1.